The molecule has 1 aliphatic carbocycles. The van der Waals surface area contributed by atoms with Gasteiger partial charge >= 0.3 is 5.97 Å². The molecule has 40 heavy (non-hydrogen) atoms. The topological polar surface area (TPSA) is 111 Å². The summed E-state index contributed by atoms with van der Waals surface area (Å²) in [5, 5.41) is 9.14. The minimum absolute atomic E-state index is 0.00349. The number of rotatable bonds is 10. The van der Waals surface area contributed by atoms with E-state index >= 15 is 4.39 Å². The summed E-state index contributed by atoms with van der Waals surface area (Å²) >= 11 is 0. The molecule has 2 N–H and O–H groups in total. The van der Waals surface area contributed by atoms with Crippen LogP contribution in [0.2, 0.25) is 0 Å². The average molecular weight is 570 g/mol. The second kappa shape index (κ2) is 11.1. The van der Waals surface area contributed by atoms with Gasteiger partial charge in [-0.25, -0.2) is 17.5 Å². The minimum atomic E-state index is -3.28. The maximum atomic E-state index is 15.2. The number of ether oxygens (including phenoxy) is 3. The zero-order valence-corrected chi connectivity index (χ0v) is 23.4. The lowest BCUT2D eigenvalue weighted by Gasteiger charge is -2.19. The van der Waals surface area contributed by atoms with E-state index in [1.165, 1.54) is 6.07 Å². The van der Waals surface area contributed by atoms with Crippen molar-refractivity contribution in [3.8, 4) is 28.4 Å². The largest absolute Gasteiger partial charge is 0.492 e. The molecule has 1 heterocycles. The Hall–Kier alpha value is -3.63. The Morgan fingerprint density at radius 1 is 1.12 bits per heavy atom. The fourth-order valence-electron chi connectivity index (χ4n) is 5.73. The van der Waals surface area contributed by atoms with Crippen molar-refractivity contribution in [2.45, 2.75) is 45.1 Å². The first-order valence-electron chi connectivity index (χ1n) is 13.2. The Bertz CT molecular complexity index is 1550. The SMILES string of the molecule is Cc1cc(OCCNS(C)(=O)=O)cc(C)c1-c1ccc(F)c2c1CC[C@H]2Oc1ccc2c(c1)OC[C@H]2CC(=O)O. The number of nitrogens with one attached hydrogen (secondary N) is 1. The molecule has 0 saturated carbocycles. The highest BCUT2D eigenvalue weighted by Crippen LogP contribution is 2.45. The van der Waals surface area contributed by atoms with Crippen molar-refractivity contribution in [3.05, 3.63) is 76.1 Å². The number of carboxylic acid groups (broad SMARTS) is 1. The van der Waals surface area contributed by atoms with Crippen LogP contribution in [0.3, 0.4) is 0 Å². The summed E-state index contributed by atoms with van der Waals surface area (Å²) in [4.78, 5) is 11.1. The van der Waals surface area contributed by atoms with Crippen LogP contribution in [0, 0.1) is 19.7 Å². The highest BCUT2D eigenvalue weighted by Gasteiger charge is 2.32. The third-order valence-electron chi connectivity index (χ3n) is 7.36. The monoisotopic (exact) mass is 569 g/mol. The number of hydrogen-bond donors (Lipinski definition) is 2. The number of aliphatic carboxylic acids is 1. The van der Waals surface area contributed by atoms with E-state index in [1.807, 2.05) is 38.1 Å². The molecule has 0 amide bonds. The van der Waals surface area contributed by atoms with E-state index in [4.69, 9.17) is 19.3 Å². The van der Waals surface area contributed by atoms with Crippen LogP contribution in [0.25, 0.3) is 11.1 Å². The summed E-state index contributed by atoms with van der Waals surface area (Å²) in [5.41, 5.74) is 6.22. The summed E-state index contributed by atoms with van der Waals surface area (Å²) in [6, 6.07) is 12.5. The molecule has 2 atom stereocenters. The van der Waals surface area contributed by atoms with Crippen molar-refractivity contribution in [1.29, 1.82) is 0 Å². The molecule has 0 unspecified atom stereocenters. The van der Waals surface area contributed by atoms with Crippen molar-refractivity contribution in [3.63, 3.8) is 0 Å². The molecule has 0 saturated heterocycles. The Balaban J connectivity index is 1.36. The maximum Gasteiger partial charge on any atom is 0.304 e. The predicted molar refractivity (Wildman–Crippen MR) is 148 cm³/mol. The van der Waals surface area contributed by atoms with Gasteiger partial charge < -0.3 is 19.3 Å². The molecule has 1 aliphatic heterocycles. The molecule has 8 nitrogen and oxygen atoms in total. The van der Waals surface area contributed by atoms with E-state index in [-0.39, 0.29) is 31.3 Å². The standard InChI is InChI=1S/C30H32FNO7S/c1-17-12-21(37-11-10-32-40(3,35)36)13-18(2)29(17)23-6-8-25(31)30-24(23)7-9-26(30)39-20-4-5-22-19(14-28(33)34)16-38-27(22)15-20/h4-6,8,12-13,15,19,26,32H,7,9-11,14,16H2,1-3H3,(H,33,34)/t19-,26-/m1/s1. The number of halogens is 1. The normalized spacial score (nSPS) is 17.7. The fraction of sp³-hybridized carbons (Fsp3) is 0.367. The summed E-state index contributed by atoms with van der Waals surface area (Å²) in [5.74, 6) is 0.423. The molecule has 0 bridgehead atoms. The van der Waals surface area contributed by atoms with Crippen molar-refractivity contribution in [2.75, 3.05) is 26.0 Å². The van der Waals surface area contributed by atoms with Gasteiger partial charge in [-0.15, -0.1) is 0 Å². The van der Waals surface area contributed by atoms with Crippen LogP contribution in [0.15, 0.2) is 42.5 Å². The minimum Gasteiger partial charge on any atom is -0.492 e. The van der Waals surface area contributed by atoms with Gasteiger partial charge in [-0.2, -0.15) is 0 Å². The van der Waals surface area contributed by atoms with Gasteiger partial charge in [0.2, 0.25) is 10.0 Å². The third kappa shape index (κ3) is 5.93. The number of carbonyl (C=O) groups is 1. The summed E-state index contributed by atoms with van der Waals surface area (Å²) in [6.07, 6.45) is 1.92. The van der Waals surface area contributed by atoms with Crippen LogP contribution in [-0.4, -0.2) is 45.5 Å². The summed E-state index contributed by atoms with van der Waals surface area (Å²) < 4.78 is 57.9. The Kier molecular flexibility index (Phi) is 7.74. The number of aryl methyl sites for hydroxylation is 2. The Labute approximate surface area is 233 Å². The van der Waals surface area contributed by atoms with E-state index in [9.17, 15) is 13.2 Å². The molecule has 2 aliphatic rings. The lowest BCUT2D eigenvalue weighted by atomic mass is 9.90. The van der Waals surface area contributed by atoms with Crippen molar-refractivity contribution >= 4 is 16.0 Å². The number of fused-ring (bicyclic) bond motifs is 2. The molecule has 0 spiro atoms. The number of benzene rings is 3. The number of hydrogen-bond acceptors (Lipinski definition) is 6. The molecule has 3 aromatic carbocycles. The van der Waals surface area contributed by atoms with Gasteiger partial charge in [0.15, 0.2) is 0 Å². The quantitative estimate of drug-likeness (QED) is 0.329. The zero-order chi connectivity index (χ0) is 28.6. The van der Waals surface area contributed by atoms with Gasteiger partial charge in [-0.1, -0.05) is 12.1 Å². The highest BCUT2D eigenvalue weighted by atomic mass is 32.2. The van der Waals surface area contributed by atoms with Crippen LogP contribution in [0.5, 0.6) is 17.2 Å². The molecule has 0 aromatic heterocycles. The van der Waals surface area contributed by atoms with Gasteiger partial charge in [0, 0.05) is 29.7 Å². The zero-order valence-electron chi connectivity index (χ0n) is 22.6. The highest BCUT2D eigenvalue weighted by molar-refractivity contribution is 7.88. The number of carboxylic acids is 1. The van der Waals surface area contributed by atoms with E-state index in [1.54, 1.807) is 12.1 Å². The van der Waals surface area contributed by atoms with Crippen molar-refractivity contribution in [2.24, 2.45) is 0 Å². The van der Waals surface area contributed by atoms with E-state index in [0.717, 1.165) is 39.6 Å². The van der Waals surface area contributed by atoms with Gasteiger partial charge in [-0.3, -0.25) is 4.79 Å². The van der Waals surface area contributed by atoms with Gasteiger partial charge in [0.05, 0.1) is 19.3 Å². The molecular formula is C30H32FNO7S. The molecule has 5 rings (SSSR count). The number of sulfonamides is 1. The molecule has 0 radical (unpaired) electrons. The van der Waals surface area contributed by atoms with E-state index in [2.05, 4.69) is 4.72 Å². The van der Waals surface area contributed by atoms with Gasteiger partial charge in [0.25, 0.3) is 0 Å². The second-order valence-corrected chi connectivity index (χ2v) is 12.2. The van der Waals surface area contributed by atoms with E-state index < -0.39 is 22.1 Å². The summed E-state index contributed by atoms with van der Waals surface area (Å²) in [7, 11) is -3.28. The maximum absolute atomic E-state index is 15.2. The van der Waals surface area contributed by atoms with Crippen LogP contribution in [0.1, 0.15) is 52.7 Å². The lowest BCUT2D eigenvalue weighted by molar-refractivity contribution is -0.137. The Morgan fingerprint density at radius 3 is 2.58 bits per heavy atom. The third-order valence-corrected chi connectivity index (χ3v) is 8.09. The first-order chi connectivity index (χ1) is 19.0. The van der Waals surface area contributed by atoms with Gasteiger partial charge in [-0.05, 0) is 78.8 Å². The van der Waals surface area contributed by atoms with Crippen LogP contribution in [-0.2, 0) is 21.2 Å². The molecular weight excluding hydrogens is 537 g/mol. The summed E-state index contributed by atoms with van der Waals surface area (Å²) in [6.45, 7) is 4.64. The van der Waals surface area contributed by atoms with Gasteiger partial charge in [0.1, 0.15) is 35.8 Å². The molecule has 212 valence electrons. The average Bonchev–Trinajstić information content (AvgIpc) is 3.47. The van der Waals surface area contributed by atoms with Crippen LogP contribution >= 0.6 is 0 Å². The Morgan fingerprint density at radius 2 is 1.88 bits per heavy atom. The predicted octanol–water partition coefficient (Wildman–Crippen LogP) is 5.05. The first kappa shape index (κ1) is 27.9. The fourth-order valence-corrected chi connectivity index (χ4v) is 6.18. The van der Waals surface area contributed by atoms with Crippen molar-refractivity contribution < 1.29 is 36.9 Å². The molecule has 0 fully saturated rings. The first-order valence-corrected chi connectivity index (χ1v) is 15.0. The van der Waals surface area contributed by atoms with E-state index in [0.29, 0.717) is 42.3 Å². The van der Waals surface area contributed by atoms with Crippen molar-refractivity contribution in [1.82, 2.24) is 4.72 Å². The smallest absolute Gasteiger partial charge is 0.304 e. The second-order valence-electron chi connectivity index (χ2n) is 10.4. The van der Waals surface area contributed by atoms with Crippen LogP contribution < -0.4 is 18.9 Å². The lowest BCUT2D eigenvalue weighted by Crippen LogP contribution is -2.26. The molecule has 10 heteroatoms. The molecule has 3 aromatic rings. The van der Waals surface area contributed by atoms with Crippen LogP contribution in [0.4, 0.5) is 4.39 Å².